The van der Waals surface area contributed by atoms with Gasteiger partial charge in [0.1, 0.15) is 41.8 Å². The fraction of sp³-hybridized carbons (Fsp3) is 0.545. The van der Waals surface area contributed by atoms with E-state index in [-0.39, 0.29) is 36.5 Å². The van der Waals surface area contributed by atoms with E-state index in [4.69, 9.17) is 18.9 Å². The van der Waals surface area contributed by atoms with Crippen molar-refractivity contribution in [1.82, 2.24) is 10.6 Å². The lowest BCUT2D eigenvalue weighted by Gasteiger charge is -2.45. The molecule has 46 heavy (non-hydrogen) atoms. The second kappa shape index (κ2) is 16.8. The van der Waals surface area contributed by atoms with Crippen molar-refractivity contribution in [2.24, 2.45) is 0 Å². The molecular weight excluding hydrogens is 601 g/mol. The van der Waals surface area contributed by atoms with Crippen molar-refractivity contribution < 1.29 is 53.8 Å². The van der Waals surface area contributed by atoms with Gasteiger partial charge in [-0.3, -0.25) is 9.59 Å². The summed E-state index contributed by atoms with van der Waals surface area (Å²) in [5.41, 5.74) is 0.579. The van der Waals surface area contributed by atoms with Crippen molar-refractivity contribution in [3.63, 3.8) is 0 Å². The summed E-state index contributed by atoms with van der Waals surface area (Å²) in [5, 5.41) is 46.7. The van der Waals surface area contributed by atoms with Crippen LogP contribution in [-0.2, 0) is 35.0 Å². The number of aliphatic hydroxyl groups is 3. The van der Waals surface area contributed by atoms with Crippen LogP contribution in [0, 0.1) is 0 Å². The molecule has 3 aliphatic rings. The van der Waals surface area contributed by atoms with Gasteiger partial charge in [-0.2, -0.15) is 0 Å². The van der Waals surface area contributed by atoms with E-state index in [2.05, 4.69) is 10.6 Å². The van der Waals surface area contributed by atoms with E-state index in [1.807, 2.05) is 13.0 Å². The fourth-order valence-corrected chi connectivity index (χ4v) is 5.94. The Hall–Kier alpha value is -3.59. The lowest BCUT2D eigenvalue weighted by atomic mass is 9.90. The van der Waals surface area contributed by atoms with Crippen LogP contribution in [0.15, 0.2) is 54.8 Å². The third-order valence-electron chi connectivity index (χ3n) is 8.07. The number of phenols is 1. The summed E-state index contributed by atoms with van der Waals surface area (Å²) in [6.07, 6.45) is 4.94. The second-order valence-corrected chi connectivity index (χ2v) is 11.7. The van der Waals surface area contributed by atoms with Crippen LogP contribution < -0.4 is 10.6 Å². The Morgan fingerprint density at radius 2 is 1.85 bits per heavy atom. The Morgan fingerprint density at radius 3 is 2.59 bits per heavy atom. The number of aliphatic hydroxyl groups excluding tert-OH is 3. The van der Waals surface area contributed by atoms with Crippen molar-refractivity contribution in [3.05, 3.63) is 65.9 Å². The summed E-state index contributed by atoms with van der Waals surface area (Å²) in [5.74, 6) is -1.66. The zero-order chi connectivity index (χ0) is 33.2. The van der Waals surface area contributed by atoms with Gasteiger partial charge >= 0.3 is 5.97 Å². The SMILES string of the molecule is CC(=O)N[C@H]1[C@H](O[C@@H]2C[C@@H]3Cc4cccc(O)c4C(=O)O[C@@H](C/C=C/NC(=O)/C=C\C=C/C[13CH3])C[C@@H](C2)O3)O[C@H](CO)[C@@H](O)[C@@H]1O. The minimum absolute atomic E-state index is 0.0457. The molecule has 0 unspecified atom stereocenters. The van der Waals surface area contributed by atoms with Gasteiger partial charge in [0.25, 0.3) is 0 Å². The molecule has 2 saturated heterocycles. The molecule has 13 nitrogen and oxygen atoms in total. The van der Waals surface area contributed by atoms with Crippen LogP contribution in [-0.4, -0.2) is 99.9 Å². The highest BCUT2D eigenvalue weighted by Crippen LogP contribution is 2.34. The number of esters is 1. The van der Waals surface area contributed by atoms with Gasteiger partial charge in [0.2, 0.25) is 11.8 Å². The molecule has 4 rings (SSSR count). The van der Waals surface area contributed by atoms with Crippen LogP contribution in [0.5, 0.6) is 5.75 Å². The Kier molecular flexibility index (Phi) is 12.9. The molecule has 0 radical (unpaired) electrons. The molecule has 2 fully saturated rings. The van der Waals surface area contributed by atoms with Crippen LogP contribution >= 0.6 is 0 Å². The number of ether oxygens (including phenoxy) is 4. The summed E-state index contributed by atoms with van der Waals surface area (Å²) in [6, 6.07) is 3.66. The molecular formula is C33H44N2O11. The van der Waals surface area contributed by atoms with Gasteiger partial charge in [-0.15, -0.1) is 0 Å². The van der Waals surface area contributed by atoms with Gasteiger partial charge in [-0.25, -0.2) is 4.79 Å². The van der Waals surface area contributed by atoms with Gasteiger partial charge in [-0.05, 0) is 24.5 Å². The maximum atomic E-state index is 13.3. The first-order valence-electron chi connectivity index (χ1n) is 15.6. The number of benzene rings is 1. The Bertz CT molecular complexity index is 1300. The summed E-state index contributed by atoms with van der Waals surface area (Å²) in [7, 11) is 0. The molecule has 252 valence electrons. The standard InChI is InChI=1S/C33H44N2O11/c1-3-4-5-6-12-27(39)34-13-8-10-21-15-23-17-24(45-33-29(35-19(2)37)31(41)30(40)26(18-36)46-33)16-22(43-23)14-20-9-7-11-25(38)28(20)32(42)44-21/h4-9,11-13,21-24,26,29-31,33,36,38,40-41H,3,10,14-18H2,1-2H3,(H,34,39)(H,35,37)/b5-4-,12-6-,13-8+/t21-,22-,23-,24+,26+,29+,30+,31+,33+/m0/s1/i1+1. The number of nitrogens with one attached hydrogen (secondary N) is 2. The van der Waals surface area contributed by atoms with E-state index in [1.165, 1.54) is 25.3 Å². The summed E-state index contributed by atoms with van der Waals surface area (Å²) >= 11 is 0. The number of allylic oxidation sites excluding steroid dienone is 3. The van der Waals surface area contributed by atoms with Crippen molar-refractivity contribution in [2.75, 3.05) is 6.61 Å². The number of carbonyl (C=O) groups is 3. The Labute approximate surface area is 267 Å². The van der Waals surface area contributed by atoms with Crippen LogP contribution in [0.2, 0.25) is 0 Å². The van der Waals surface area contributed by atoms with Crippen molar-refractivity contribution in [3.8, 4) is 5.75 Å². The van der Waals surface area contributed by atoms with Gasteiger partial charge in [-0.1, -0.05) is 43.4 Å². The third kappa shape index (κ3) is 9.47. The van der Waals surface area contributed by atoms with Crippen molar-refractivity contribution >= 4 is 17.8 Å². The average molecular weight is 646 g/mol. The minimum Gasteiger partial charge on any atom is -0.507 e. The van der Waals surface area contributed by atoms with Crippen LogP contribution in [0.25, 0.3) is 0 Å². The maximum absolute atomic E-state index is 13.3. The molecule has 0 aliphatic carbocycles. The molecule has 0 spiro atoms. The normalized spacial score (nSPS) is 31.8. The lowest BCUT2D eigenvalue weighted by molar-refractivity contribution is -0.291. The van der Waals surface area contributed by atoms with Gasteiger partial charge in [0, 0.05) is 44.9 Å². The maximum Gasteiger partial charge on any atom is 0.342 e. The number of cyclic esters (lactones) is 1. The Balaban J connectivity index is 1.53. The van der Waals surface area contributed by atoms with Gasteiger partial charge in [0.15, 0.2) is 6.29 Å². The molecule has 9 atom stereocenters. The molecule has 6 N–H and O–H groups in total. The van der Waals surface area contributed by atoms with E-state index in [0.29, 0.717) is 18.4 Å². The number of fused-ring (bicyclic) bond motifs is 3. The number of phenolic OH excluding ortho intramolecular Hbond substituents is 1. The van der Waals surface area contributed by atoms with Crippen molar-refractivity contribution in [1.29, 1.82) is 0 Å². The van der Waals surface area contributed by atoms with Gasteiger partial charge < -0.3 is 50.0 Å². The molecule has 13 heteroatoms. The molecule has 3 aliphatic heterocycles. The Morgan fingerprint density at radius 1 is 1.07 bits per heavy atom. The fourth-order valence-electron chi connectivity index (χ4n) is 5.94. The molecule has 1 aromatic rings. The molecule has 0 aromatic heterocycles. The second-order valence-electron chi connectivity index (χ2n) is 11.7. The molecule has 1 aromatic carbocycles. The highest BCUT2D eigenvalue weighted by atomic mass is 16.7. The topological polar surface area (TPSA) is 193 Å². The quantitative estimate of drug-likeness (QED) is 0.0930. The van der Waals surface area contributed by atoms with Crippen LogP contribution in [0.1, 0.15) is 61.9 Å². The first kappa shape index (κ1) is 35.3. The minimum atomic E-state index is -1.45. The average Bonchev–Trinajstić information content (AvgIpc) is 3.00. The molecule has 2 amide bonds. The first-order valence-corrected chi connectivity index (χ1v) is 15.6. The summed E-state index contributed by atoms with van der Waals surface area (Å²) in [4.78, 5) is 37.3. The zero-order valence-electron chi connectivity index (χ0n) is 26.0. The molecule has 2 bridgehead atoms. The smallest absolute Gasteiger partial charge is 0.342 e. The van der Waals surface area contributed by atoms with E-state index >= 15 is 0 Å². The van der Waals surface area contributed by atoms with E-state index in [0.717, 1.165) is 6.42 Å². The number of rotatable bonds is 10. The lowest BCUT2D eigenvalue weighted by Crippen LogP contribution is -2.65. The predicted molar refractivity (Wildman–Crippen MR) is 164 cm³/mol. The zero-order valence-corrected chi connectivity index (χ0v) is 26.0. The molecule has 3 heterocycles. The monoisotopic (exact) mass is 645 g/mol. The highest BCUT2D eigenvalue weighted by molar-refractivity contribution is 5.94. The van der Waals surface area contributed by atoms with Gasteiger partial charge in [0.05, 0.1) is 24.9 Å². The predicted octanol–water partition coefficient (Wildman–Crippen LogP) is 1.28. The number of hydrogen-bond acceptors (Lipinski definition) is 11. The number of hydrogen-bond donors (Lipinski definition) is 6. The number of amides is 2. The molecule has 0 saturated carbocycles. The third-order valence-corrected chi connectivity index (χ3v) is 8.07. The first-order chi connectivity index (χ1) is 22.1. The van der Waals surface area contributed by atoms with Crippen molar-refractivity contribution in [2.45, 2.75) is 107 Å². The summed E-state index contributed by atoms with van der Waals surface area (Å²) < 4.78 is 24.4. The van der Waals surface area contributed by atoms with Crippen LogP contribution in [0.3, 0.4) is 0 Å². The largest absolute Gasteiger partial charge is 0.507 e. The highest BCUT2D eigenvalue weighted by Gasteiger charge is 2.47. The number of carbonyl (C=O) groups excluding carboxylic acids is 3. The van der Waals surface area contributed by atoms with E-state index in [9.17, 15) is 34.8 Å². The summed E-state index contributed by atoms with van der Waals surface area (Å²) in [6.45, 7) is 2.69. The van der Waals surface area contributed by atoms with E-state index < -0.39 is 73.5 Å². The van der Waals surface area contributed by atoms with Crippen LogP contribution in [0.4, 0.5) is 0 Å². The number of aromatic hydroxyl groups is 1. The van der Waals surface area contributed by atoms with E-state index in [1.54, 1.807) is 30.4 Å².